The fourth-order valence-corrected chi connectivity index (χ4v) is 3.47. The number of carbonyl (C=O) groups is 1. The van der Waals surface area contributed by atoms with Crippen LogP contribution >= 0.6 is 31.9 Å². The first kappa shape index (κ1) is 18.3. The van der Waals surface area contributed by atoms with Crippen LogP contribution in [0.1, 0.15) is 5.56 Å². The number of nitrogens with one attached hydrogen (secondary N) is 1. The average molecular weight is 462 g/mol. The molecular weight excluding hydrogens is 451 g/mol. The molecule has 0 aliphatic heterocycles. The molecule has 1 amide bonds. The van der Waals surface area contributed by atoms with E-state index >= 15 is 0 Å². The number of amides is 1. The highest BCUT2D eigenvalue weighted by molar-refractivity contribution is 9.11. The molecule has 0 atom stereocenters. The number of aryl methyl sites for hydroxylation is 1. The number of carbonyl (C=O) groups excluding carboxylic acids is 1. The minimum Gasteiger partial charge on any atom is -0.482 e. The number of benzene rings is 2. The monoisotopic (exact) mass is 460 g/mol. The van der Waals surface area contributed by atoms with E-state index in [1.54, 1.807) is 6.07 Å². The van der Waals surface area contributed by atoms with Crippen LogP contribution in [0.3, 0.4) is 0 Å². The van der Waals surface area contributed by atoms with Crippen molar-refractivity contribution < 1.29 is 18.8 Å². The van der Waals surface area contributed by atoms with Crippen molar-refractivity contribution in [2.45, 2.75) is 6.92 Å². The van der Waals surface area contributed by atoms with E-state index in [0.717, 1.165) is 28.2 Å². The number of nitro benzene ring substituents is 1. The normalized spacial score (nSPS) is 10.3. The van der Waals surface area contributed by atoms with Gasteiger partial charge in [0.2, 0.25) is 0 Å². The first-order chi connectivity index (χ1) is 11.3. The van der Waals surface area contributed by atoms with Crippen molar-refractivity contribution in [3.8, 4) is 5.75 Å². The third-order valence-corrected chi connectivity index (χ3v) is 4.02. The number of nitro groups is 1. The van der Waals surface area contributed by atoms with E-state index in [1.807, 2.05) is 13.0 Å². The van der Waals surface area contributed by atoms with Crippen LogP contribution in [0.4, 0.5) is 15.8 Å². The first-order valence-corrected chi connectivity index (χ1v) is 8.18. The van der Waals surface area contributed by atoms with Gasteiger partial charge in [-0.15, -0.1) is 0 Å². The van der Waals surface area contributed by atoms with Gasteiger partial charge in [0, 0.05) is 16.6 Å². The van der Waals surface area contributed by atoms with E-state index in [9.17, 15) is 19.3 Å². The predicted octanol–water partition coefficient (Wildman–Crippen LogP) is 4.58. The molecule has 2 rings (SSSR count). The summed E-state index contributed by atoms with van der Waals surface area (Å²) in [4.78, 5) is 21.9. The fourth-order valence-electron chi connectivity index (χ4n) is 1.92. The molecule has 0 unspecified atom stereocenters. The Bertz CT molecular complexity index is 791. The minimum atomic E-state index is -0.769. The summed E-state index contributed by atoms with van der Waals surface area (Å²) in [6.07, 6.45) is 0. The molecule has 0 saturated heterocycles. The highest BCUT2D eigenvalue weighted by atomic mass is 79.9. The topological polar surface area (TPSA) is 81.5 Å². The molecule has 0 fully saturated rings. The van der Waals surface area contributed by atoms with E-state index in [4.69, 9.17) is 4.74 Å². The molecule has 0 aliphatic carbocycles. The standard InChI is InChI=1S/C15H11Br2FN2O4/c1-8-4-9(16)5-11(17)15(8)24-7-14(21)19-13-6-10(20(22)23)2-3-12(13)18/h2-6H,7H2,1H3,(H,19,21). The van der Waals surface area contributed by atoms with Crippen LogP contribution in [-0.4, -0.2) is 17.4 Å². The van der Waals surface area contributed by atoms with Gasteiger partial charge in [0.05, 0.1) is 15.1 Å². The second-order valence-corrected chi connectivity index (χ2v) is 6.56. The zero-order valence-electron chi connectivity index (χ0n) is 12.3. The van der Waals surface area contributed by atoms with Crippen LogP contribution in [0.2, 0.25) is 0 Å². The van der Waals surface area contributed by atoms with Gasteiger partial charge in [-0.3, -0.25) is 14.9 Å². The van der Waals surface area contributed by atoms with Gasteiger partial charge in [0.1, 0.15) is 11.6 Å². The van der Waals surface area contributed by atoms with Gasteiger partial charge < -0.3 is 10.1 Å². The molecule has 0 heterocycles. The quantitative estimate of drug-likeness (QED) is 0.521. The van der Waals surface area contributed by atoms with Crippen LogP contribution in [0.5, 0.6) is 5.75 Å². The van der Waals surface area contributed by atoms with Gasteiger partial charge >= 0.3 is 0 Å². The third kappa shape index (κ3) is 4.51. The number of halogens is 3. The highest BCUT2D eigenvalue weighted by Crippen LogP contribution is 2.32. The molecule has 1 N–H and O–H groups in total. The van der Waals surface area contributed by atoms with E-state index in [1.165, 1.54) is 0 Å². The number of hydrogen-bond donors (Lipinski definition) is 1. The van der Waals surface area contributed by atoms with E-state index in [0.29, 0.717) is 10.2 Å². The van der Waals surface area contributed by atoms with Gasteiger partial charge in [0.15, 0.2) is 6.61 Å². The Morgan fingerprint density at radius 2 is 2.04 bits per heavy atom. The van der Waals surface area contributed by atoms with Gasteiger partial charge in [-0.1, -0.05) is 15.9 Å². The summed E-state index contributed by atoms with van der Waals surface area (Å²) < 4.78 is 20.6. The number of anilines is 1. The van der Waals surface area contributed by atoms with Gasteiger partial charge in [0.25, 0.3) is 11.6 Å². The molecule has 2 aromatic carbocycles. The zero-order chi connectivity index (χ0) is 17.9. The Morgan fingerprint density at radius 3 is 2.67 bits per heavy atom. The lowest BCUT2D eigenvalue weighted by molar-refractivity contribution is -0.384. The lowest BCUT2D eigenvalue weighted by atomic mass is 10.2. The maximum absolute atomic E-state index is 13.6. The summed E-state index contributed by atoms with van der Waals surface area (Å²) in [6, 6.07) is 6.47. The molecule has 2 aromatic rings. The summed E-state index contributed by atoms with van der Waals surface area (Å²) >= 11 is 6.67. The van der Waals surface area contributed by atoms with Gasteiger partial charge in [-0.25, -0.2) is 4.39 Å². The smallest absolute Gasteiger partial charge is 0.271 e. The van der Waals surface area contributed by atoms with Crippen molar-refractivity contribution in [3.63, 3.8) is 0 Å². The van der Waals surface area contributed by atoms with E-state index in [2.05, 4.69) is 37.2 Å². The summed E-state index contributed by atoms with van der Waals surface area (Å²) in [5, 5.41) is 13.0. The summed E-state index contributed by atoms with van der Waals surface area (Å²) in [5.41, 5.74) is 0.203. The third-order valence-electron chi connectivity index (χ3n) is 2.98. The lowest BCUT2D eigenvalue weighted by Crippen LogP contribution is -2.21. The lowest BCUT2D eigenvalue weighted by Gasteiger charge is -2.12. The van der Waals surface area contributed by atoms with Crippen molar-refractivity contribution in [2.75, 3.05) is 11.9 Å². The Hall–Kier alpha value is -2.00. The summed E-state index contributed by atoms with van der Waals surface area (Å²) in [6.45, 7) is 1.44. The maximum atomic E-state index is 13.6. The Balaban J connectivity index is 2.07. The number of nitrogens with zero attached hydrogens (tertiary/aromatic N) is 1. The summed E-state index contributed by atoms with van der Waals surface area (Å²) in [7, 11) is 0. The molecule has 0 aromatic heterocycles. The van der Waals surface area contributed by atoms with Crippen LogP contribution in [0.25, 0.3) is 0 Å². The number of non-ortho nitro benzene ring substituents is 1. The number of rotatable bonds is 5. The van der Waals surface area contributed by atoms with Crippen molar-refractivity contribution >= 4 is 49.1 Å². The van der Waals surface area contributed by atoms with Crippen LogP contribution < -0.4 is 10.1 Å². The van der Waals surface area contributed by atoms with Crippen molar-refractivity contribution in [3.05, 3.63) is 60.8 Å². The van der Waals surface area contributed by atoms with Crippen molar-refractivity contribution in [1.29, 1.82) is 0 Å². The molecule has 0 bridgehead atoms. The van der Waals surface area contributed by atoms with E-state index in [-0.39, 0.29) is 18.0 Å². The molecule has 24 heavy (non-hydrogen) atoms. The fraction of sp³-hybridized carbons (Fsp3) is 0.133. The van der Waals surface area contributed by atoms with Crippen LogP contribution in [0.15, 0.2) is 39.3 Å². The Labute approximate surface area is 153 Å². The Kier molecular flexibility index (Phi) is 5.89. The molecule has 9 heteroatoms. The number of ether oxygens (including phenoxy) is 1. The second kappa shape index (κ2) is 7.71. The molecular formula is C15H11Br2FN2O4. The highest BCUT2D eigenvalue weighted by Gasteiger charge is 2.14. The first-order valence-electron chi connectivity index (χ1n) is 6.60. The van der Waals surface area contributed by atoms with Crippen molar-refractivity contribution in [2.24, 2.45) is 0 Å². The summed E-state index contributed by atoms with van der Waals surface area (Å²) in [5.74, 6) is -0.925. The average Bonchev–Trinajstić information content (AvgIpc) is 2.48. The van der Waals surface area contributed by atoms with Gasteiger partial charge in [-0.05, 0) is 46.6 Å². The molecule has 0 saturated carbocycles. The molecule has 0 radical (unpaired) electrons. The minimum absolute atomic E-state index is 0.274. The number of hydrogen-bond acceptors (Lipinski definition) is 4. The largest absolute Gasteiger partial charge is 0.482 e. The van der Waals surface area contributed by atoms with E-state index < -0.39 is 16.6 Å². The molecule has 0 spiro atoms. The van der Waals surface area contributed by atoms with Crippen molar-refractivity contribution in [1.82, 2.24) is 0 Å². The van der Waals surface area contributed by atoms with Crippen LogP contribution in [-0.2, 0) is 4.79 Å². The van der Waals surface area contributed by atoms with Crippen LogP contribution in [0, 0.1) is 22.9 Å². The second-order valence-electron chi connectivity index (χ2n) is 4.79. The predicted molar refractivity (Wildman–Crippen MR) is 93.8 cm³/mol. The molecule has 6 nitrogen and oxygen atoms in total. The molecule has 126 valence electrons. The van der Waals surface area contributed by atoms with Gasteiger partial charge in [-0.2, -0.15) is 0 Å². The Morgan fingerprint density at radius 1 is 1.33 bits per heavy atom. The maximum Gasteiger partial charge on any atom is 0.271 e. The SMILES string of the molecule is Cc1cc(Br)cc(Br)c1OCC(=O)Nc1cc([N+](=O)[O-])ccc1F. The molecule has 0 aliphatic rings. The zero-order valence-corrected chi connectivity index (χ0v) is 15.5.